The number of carbonyl (C=O) groups excluding carboxylic acids is 2. The minimum Gasteiger partial charge on any atom is -0.475 e. The predicted molar refractivity (Wildman–Crippen MR) is 194 cm³/mol. The summed E-state index contributed by atoms with van der Waals surface area (Å²) >= 11 is 0. The van der Waals surface area contributed by atoms with Crippen LogP contribution in [-0.2, 0) is 26.1 Å². The Morgan fingerprint density at radius 3 is 2.51 bits per heavy atom. The van der Waals surface area contributed by atoms with E-state index >= 15 is 0 Å². The van der Waals surface area contributed by atoms with Gasteiger partial charge in [0.2, 0.25) is 17.7 Å². The van der Waals surface area contributed by atoms with Crippen LogP contribution in [0, 0.1) is 0 Å². The van der Waals surface area contributed by atoms with Gasteiger partial charge in [0.05, 0.1) is 25.4 Å². The summed E-state index contributed by atoms with van der Waals surface area (Å²) in [4.78, 5) is 38.7. The molecule has 0 fully saturated rings. The molecule has 0 radical (unpaired) electrons. The molecule has 0 bridgehead atoms. The molecule has 2 amide bonds. The number of rotatable bonds is 16. The van der Waals surface area contributed by atoms with Gasteiger partial charge >= 0.3 is 0 Å². The highest BCUT2D eigenvalue weighted by Gasteiger charge is 2.21. The number of hydrogen-bond acceptors (Lipinski definition) is 10. The average Bonchev–Trinajstić information content (AvgIpc) is 3.78. The van der Waals surface area contributed by atoms with Crippen LogP contribution in [0.1, 0.15) is 24.8 Å². The summed E-state index contributed by atoms with van der Waals surface area (Å²) < 4.78 is 17.6. The number of carbonyl (C=O) groups is 2. The highest BCUT2D eigenvalue weighted by atomic mass is 16.5. The number of H-pyrrole nitrogens is 1. The molecule has 0 saturated heterocycles. The lowest BCUT2D eigenvalue weighted by atomic mass is 9.98. The Kier molecular flexibility index (Phi) is 11.8. The third-order valence-corrected chi connectivity index (χ3v) is 8.62. The first-order chi connectivity index (χ1) is 24.9. The molecule has 5 aromatic rings. The number of aromatic amines is 1. The lowest BCUT2D eigenvalue weighted by Gasteiger charge is -2.29. The third-order valence-electron chi connectivity index (χ3n) is 8.62. The molecule has 14 heteroatoms. The fraction of sp³-hybridized carbons (Fsp3) is 0.351. The van der Waals surface area contributed by atoms with E-state index in [0.29, 0.717) is 69.8 Å². The minimum absolute atomic E-state index is 0.0380. The molecular weight excluding hydrogens is 650 g/mol. The van der Waals surface area contributed by atoms with Gasteiger partial charge in [0.15, 0.2) is 5.82 Å². The van der Waals surface area contributed by atoms with E-state index in [2.05, 4.69) is 48.8 Å². The Bertz CT molecular complexity index is 1950. The maximum absolute atomic E-state index is 13.2. The SMILES string of the molecule is COCCOc1ccc(-c2n[nH]c3ccc(NC(=O)CCCN(COC)CC(=O)N4CC=C(c5ccc(-c6ncn(C)n6)cc5)CC4)cc23)cn1. The number of hydrogen-bond donors (Lipinski definition) is 2. The lowest BCUT2D eigenvalue weighted by molar-refractivity contribution is -0.133. The number of pyridine rings is 1. The van der Waals surface area contributed by atoms with E-state index in [1.54, 1.807) is 37.5 Å². The zero-order valence-electron chi connectivity index (χ0n) is 29.2. The zero-order chi connectivity index (χ0) is 35.6. The lowest BCUT2D eigenvalue weighted by Crippen LogP contribution is -2.43. The second kappa shape index (κ2) is 17.0. The van der Waals surface area contributed by atoms with Gasteiger partial charge in [-0.25, -0.2) is 9.97 Å². The quantitative estimate of drug-likeness (QED) is 0.112. The second-order valence-corrected chi connectivity index (χ2v) is 12.3. The number of ether oxygens (including phenoxy) is 3. The Hall–Kier alpha value is -5.44. The Morgan fingerprint density at radius 1 is 0.980 bits per heavy atom. The van der Waals surface area contributed by atoms with Crippen molar-refractivity contribution < 1.29 is 23.8 Å². The number of nitrogens with zero attached hydrogens (tertiary/aromatic N) is 7. The number of aromatic nitrogens is 6. The molecular formula is C37H43N9O5. The normalized spacial score (nSPS) is 13.1. The van der Waals surface area contributed by atoms with Crippen LogP contribution in [0.4, 0.5) is 5.69 Å². The molecule has 2 aromatic carbocycles. The summed E-state index contributed by atoms with van der Waals surface area (Å²) in [5.74, 6) is 1.13. The second-order valence-electron chi connectivity index (χ2n) is 12.3. The standard InChI is InChI=1S/C37H43N9O5/c1-44-24-39-37(43-44)28-8-6-26(7-9-28)27-14-17-46(18-15-27)35(48)23-45(25-50-3)16-4-5-33(47)40-30-11-12-32-31(21-30)36(42-41-32)29-10-13-34(38-22-29)51-20-19-49-2/h6-14,21-22,24H,4-5,15-20,23,25H2,1-3H3,(H,40,47)(H,41,42). The van der Waals surface area contributed by atoms with E-state index in [1.165, 1.54) is 5.57 Å². The monoisotopic (exact) mass is 693 g/mol. The first kappa shape index (κ1) is 35.4. The van der Waals surface area contributed by atoms with Crippen molar-refractivity contribution in [1.29, 1.82) is 0 Å². The maximum Gasteiger partial charge on any atom is 0.237 e. The van der Waals surface area contributed by atoms with Crippen LogP contribution in [0.2, 0.25) is 0 Å². The van der Waals surface area contributed by atoms with Crippen molar-refractivity contribution >= 4 is 34.0 Å². The van der Waals surface area contributed by atoms with E-state index in [9.17, 15) is 9.59 Å². The minimum atomic E-state index is -0.111. The fourth-order valence-electron chi connectivity index (χ4n) is 5.96. The molecule has 266 valence electrons. The number of anilines is 1. The maximum atomic E-state index is 13.2. The molecule has 1 aliphatic heterocycles. The van der Waals surface area contributed by atoms with Gasteiger partial charge in [-0.05, 0) is 48.2 Å². The van der Waals surface area contributed by atoms with Crippen LogP contribution in [0.15, 0.2) is 73.2 Å². The number of amides is 2. The molecule has 0 unspecified atom stereocenters. The van der Waals surface area contributed by atoms with Gasteiger partial charge in [0.25, 0.3) is 0 Å². The highest BCUT2D eigenvalue weighted by Crippen LogP contribution is 2.29. The molecule has 0 aliphatic carbocycles. The zero-order valence-corrected chi connectivity index (χ0v) is 29.2. The molecule has 14 nitrogen and oxygen atoms in total. The number of methoxy groups -OCH3 is 2. The van der Waals surface area contributed by atoms with Crippen LogP contribution in [0.25, 0.3) is 39.1 Å². The van der Waals surface area contributed by atoms with Gasteiger partial charge in [-0.3, -0.25) is 24.3 Å². The summed E-state index contributed by atoms with van der Waals surface area (Å²) in [7, 11) is 5.08. The highest BCUT2D eigenvalue weighted by molar-refractivity contribution is 5.98. The number of nitrogens with one attached hydrogen (secondary N) is 2. The van der Waals surface area contributed by atoms with E-state index in [-0.39, 0.29) is 18.4 Å². The van der Waals surface area contributed by atoms with E-state index in [0.717, 1.165) is 39.7 Å². The Morgan fingerprint density at radius 2 is 1.80 bits per heavy atom. The van der Waals surface area contributed by atoms with Gasteiger partial charge in [-0.1, -0.05) is 30.3 Å². The topological polar surface area (TPSA) is 153 Å². The molecule has 0 atom stereocenters. The molecule has 6 rings (SSSR count). The van der Waals surface area contributed by atoms with Gasteiger partial charge in [-0.15, -0.1) is 0 Å². The summed E-state index contributed by atoms with van der Waals surface area (Å²) in [6, 6.07) is 17.5. The average molecular weight is 694 g/mol. The van der Waals surface area contributed by atoms with Crippen molar-refractivity contribution in [3.05, 3.63) is 78.8 Å². The molecule has 4 heterocycles. The summed E-state index contributed by atoms with van der Waals surface area (Å²) in [6.07, 6.45) is 7.16. The van der Waals surface area contributed by atoms with Gasteiger partial charge in [0.1, 0.15) is 18.6 Å². The number of fused-ring (bicyclic) bond motifs is 1. The predicted octanol–water partition coefficient (Wildman–Crippen LogP) is 4.39. The van der Waals surface area contributed by atoms with Crippen LogP contribution in [-0.4, -0.2) is 112 Å². The van der Waals surface area contributed by atoms with Crippen molar-refractivity contribution in [3.63, 3.8) is 0 Å². The molecule has 51 heavy (non-hydrogen) atoms. The smallest absolute Gasteiger partial charge is 0.237 e. The summed E-state index contributed by atoms with van der Waals surface area (Å²) in [5.41, 5.74) is 6.39. The largest absolute Gasteiger partial charge is 0.475 e. The number of benzene rings is 2. The van der Waals surface area contributed by atoms with E-state index in [1.807, 2.05) is 53.2 Å². The van der Waals surface area contributed by atoms with Crippen molar-refractivity contribution in [1.82, 2.24) is 39.7 Å². The van der Waals surface area contributed by atoms with Crippen LogP contribution in [0.5, 0.6) is 5.88 Å². The fourth-order valence-corrected chi connectivity index (χ4v) is 5.96. The Labute approximate surface area is 296 Å². The van der Waals surface area contributed by atoms with Gasteiger partial charge in [0, 0.05) is 81.8 Å². The van der Waals surface area contributed by atoms with Crippen LogP contribution >= 0.6 is 0 Å². The van der Waals surface area contributed by atoms with Gasteiger partial charge < -0.3 is 24.4 Å². The van der Waals surface area contributed by atoms with Crippen molar-refractivity contribution in [3.8, 4) is 28.5 Å². The summed E-state index contributed by atoms with van der Waals surface area (Å²) in [6.45, 7) is 3.16. The first-order valence-electron chi connectivity index (χ1n) is 16.9. The molecule has 3 aromatic heterocycles. The Balaban J connectivity index is 0.971. The molecule has 2 N–H and O–H groups in total. The molecule has 0 saturated carbocycles. The molecule has 0 spiro atoms. The van der Waals surface area contributed by atoms with E-state index < -0.39 is 0 Å². The van der Waals surface area contributed by atoms with E-state index in [4.69, 9.17) is 14.2 Å². The first-order valence-corrected chi connectivity index (χ1v) is 16.9. The number of aryl methyl sites for hydroxylation is 1. The third kappa shape index (κ3) is 9.22. The van der Waals surface area contributed by atoms with Gasteiger partial charge in [-0.2, -0.15) is 10.2 Å². The summed E-state index contributed by atoms with van der Waals surface area (Å²) in [5, 5.41) is 15.7. The molecule has 1 aliphatic rings. The van der Waals surface area contributed by atoms with Crippen molar-refractivity contribution in [2.75, 3.05) is 65.7 Å². The van der Waals surface area contributed by atoms with Crippen molar-refractivity contribution in [2.24, 2.45) is 7.05 Å². The van der Waals surface area contributed by atoms with Crippen LogP contribution in [0.3, 0.4) is 0 Å². The van der Waals surface area contributed by atoms with Crippen LogP contribution < -0.4 is 10.1 Å². The van der Waals surface area contributed by atoms with Crippen molar-refractivity contribution in [2.45, 2.75) is 19.3 Å².